The SMILES string of the molecule is CC(=O)c1c(C)cc(C)c(CSc2nnc(C)n2C2CCCCC2)c1C. The normalized spacial score (nSPS) is 15.4. The van der Waals surface area contributed by atoms with Crippen LogP contribution in [0.5, 0.6) is 0 Å². The average molecular weight is 372 g/mol. The van der Waals surface area contributed by atoms with E-state index in [2.05, 4.69) is 41.6 Å². The highest BCUT2D eigenvalue weighted by Gasteiger charge is 2.22. The Morgan fingerprint density at radius 3 is 2.46 bits per heavy atom. The molecule has 1 saturated carbocycles. The third-order valence-corrected chi connectivity index (χ3v) is 6.57. The van der Waals surface area contributed by atoms with Crippen LogP contribution in [0.3, 0.4) is 0 Å². The van der Waals surface area contributed by atoms with E-state index in [1.807, 2.05) is 6.92 Å². The molecule has 0 atom stereocenters. The van der Waals surface area contributed by atoms with Gasteiger partial charge in [0.25, 0.3) is 0 Å². The van der Waals surface area contributed by atoms with Crippen molar-refractivity contribution < 1.29 is 4.79 Å². The van der Waals surface area contributed by atoms with E-state index in [4.69, 9.17) is 0 Å². The van der Waals surface area contributed by atoms with E-state index in [1.165, 1.54) is 43.2 Å². The molecule has 0 spiro atoms. The fourth-order valence-corrected chi connectivity index (χ4v) is 5.57. The highest BCUT2D eigenvalue weighted by Crippen LogP contribution is 2.34. The average Bonchev–Trinajstić information content (AvgIpc) is 2.95. The summed E-state index contributed by atoms with van der Waals surface area (Å²) in [4.78, 5) is 12.1. The minimum Gasteiger partial charge on any atom is -0.303 e. The number of hydrogen-bond acceptors (Lipinski definition) is 4. The maximum Gasteiger partial charge on any atom is 0.191 e. The molecule has 0 aliphatic heterocycles. The summed E-state index contributed by atoms with van der Waals surface area (Å²) in [6, 6.07) is 2.67. The third kappa shape index (κ3) is 3.73. The molecule has 140 valence electrons. The second kappa shape index (κ2) is 7.95. The molecule has 1 aliphatic carbocycles. The number of aromatic nitrogens is 3. The second-order valence-corrected chi connectivity index (χ2v) is 8.47. The lowest BCUT2D eigenvalue weighted by molar-refractivity contribution is 0.101. The molecule has 1 fully saturated rings. The van der Waals surface area contributed by atoms with Gasteiger partial charge in [0.1, 0.15) is 5.82 Å². The zero-order valence-corrected chi connectivity index (χ0v) is 17.4. The van der Waals surface area contributed by atoms with Crippen LogP contribution in [0, 0.1) is 27.7 Å². The fraction of sp³-hybridized carbons (Fsp3) is 0.571. The quantitative estimate of drug-likeness (QED) is 0.513. The second-order valence-electron chi connectivity index (χ2n) is 7.53. The number of carbonyl (C=O) groups is 1. The van der Waals surface area contributed by atoms with E-state index in [-0.39, 0.29) is 5.78 Å². The largest absolute Gasteiger partial charge is 0.303 e. The molecule has 26 heavy (non-hydrogen) atoms. The summed E-state index contributed by atoms with van der Waals surface area (Å²) in [6.07, 6.45) is 6.39. The first-order valence-electron chi connectivity index (χ1n) is 9.55. The van der Waals surface area contributed by atoms with Gasteiger partial charge in [0, 0.05) is 17.4 Å². The van der Waals surface area contributed by atoms with Crippen molar-refractivity contribution in [1.29, 1.82) is 0 Å². The van der Waals surface area contributed by atoms with Gasteiger partial charge >= 0.3 is 0 Å². The minimum absolute atomic E-state index is 0.146. The van der Waals surface area contributed by atoms with Crippen LogP contribution < -0.4 is 0 Å². The van der Waals surface area contributed by atoms with Crippen molar-refractivity contribution >= 4 is 17.5 Å². The smallest absolute Gasteiger partial charge is 0.191 e. The number of nitrogens with zero attached hydrogens (tertiary/aromatic N) is 3. The Kier molecular flexibility index (Phi) is 5.86. The van der Waals surface area contributed by atoms with Gasteiger partial charge < -0.3 is 4.57 Å². The summed E-state index contributed by atoms with van der Waals surface area (Å²) < 4.78 is 2.34. The summed E-state index contributed by atoms with van der Waals surface area (Å²) in [6.45, 7) is 9.95. The molecule has 0 radical (unpaired) electrons. The molecule has 0 unspecified atom stereocenters. The lowest BCUT2D eigenvalue weighted by Gasteiger charge is -2.25. The van der Waals surface area contributed by atoms with E-state index < -0.39 is 0 Å². The van der Waals surface area contributed by atoms with Crippen LogP contribution >= 0.6 is 11.8 Å². The Balaban J connectivity index is 1.86. The van der Waals surface area contributed by atoms with Gasteiger partial charge in [-0.25, -0.2) is 0 Å². The number of rotatable bonds is 5. The van der Waals surface area contributed by atoms with Crippen molar-refractivity contribution in [1.82, 2.24) is 14.8 Å². The van der Waals surface area contributed by atoms with Crippen molar-refractivity contribution in [3.05, 3.63) is 39.7 Å². The Morgan fingerprint density at radius 2 is 1.81 bits per heavy atom. The van der Waals surface area contributed by atoms with Gasteiger partial charge in [-0.1, -0.05) is 37.1 Å². The van der Waals surface area contributed by atoms with E-state index in [0.717, 1.165) is 33.4 Å². The van der Waals surface area contributed by atoms with Crippen LogP contribution in [-0.4, -0.2) is 20.5 Å². The molecule has 1 aromatic heterocycles. The molecule has 0 saturated heterocycles. The van der Waals surface area contributed by atoms with Gasteiger partial charge in [-0.05, 0) is 69.7 Å². The van der Waals surface area contributed by atoms with Crippen molar-refractivity contribution in [3.63, 3.8) is 0 Å². The van der Waals surface area contributed by atoms with Crippen LogP contribution in [-0.2, 0) is 5.75 Å². The van der Waals surface area contributed by atoms with E-state index >= 15 is 0 Å². The molecular formula is C21H29N3OS. The number of carbonyl (C=O) groups excluding carboxylic acids is 1. The summed E-state index contributed by atoms with van der Waals surface area (Å²) in [5, 5.41) is 9.81. The Hall–Kier alpha value is -1.62. The predicted molar refractivity (Wildman–Crippen MR) is 107 cm³/mol. The van der Waals surface area contributed by atoms with Crippen LogP contribution in [0.2, 0.25) is 0 Å². The molecule has 0 bridgehead atoms. The number of hydrogen-bond donors (Lipinski definition) is 0. The monoisotopic (exact) mass is 371 g/mol. The molecule has 1 heterocycles. The first-order chi connectivity index (χ1) is 12.4. The maximum atomic E-state index is 12.1. The molecule has 0 amide bonds. The van der Waals surface area contributed by atoms with Gasteiger partial charge in [-0.2, -0.15) is 0 Å². The van der Waals surface area contributed by atoms with Crippen molar-refractivity contribution in [2.24, 2.45) is 0 Å². The van der Waals surface area contributed by atoms with Gasteiger partial charge in [0.15, 0.2) is 10.9 Å². The van der Waals surface area contributed by atoms with E-state index in [1.54, 1.807) is 18.7 Å². The molecule has 3 rings (SSSR count). The standard InChI is InChI=1S/C21H29N3OS/c1-13-11-14(2)20(16(4)25)15(3)19(13)12-26-21-23-22-17(5)24(21)18-9-7-6-8-10-18/h11,18H,6-10,12H2,1-5H3. The van der Waals surface area contributed by atoms with Crippen LogP contribution in [0.1, 0.15) is 83.5 Å². The van der Waals surface area contributed by atoms with Crippen LogP contribution in [0.25, 0.3) is 0 Å². The molecule has 0 N–H and O–H groups in total. The predicted octanol–water partition coefficient (Wildman–Crippen LogP) is 5.51. The van der Waals surface area contributed by atoms with E-state index in [9.17, 15) is 4.79 Å². The zero-order chi connectivity index (χ0) is 18.8. The van der Waals surface area contributed by atoms with E-state index in [0.29, 0.717) is 6.04 Å². The molecule has 1 aliphatic rings. The van der Waals surface area contributed by atoms with Crippen LogP contribution in [0.4, 0.5) is 0 Å². The van der Waals surface area contributed by atoms with Gasteiger partial charge in [0.05, 0.1) is 0 Å². The first-order valence-corrected chi connectivity index (χ1v) is 10.5. The number of ketones is 1. The first kappa shape index (κ1) is 19.2. The molecule has 2 aromatic rings. The molecule has 4 nitrogen and oxygen atoms in total. The highest BCUT2D eigenvalue weighted by molar-refractivity contribution is 7.98. The maximum absolute atomic E-state index is 12.1. The minimum atomic E-state index is 0.146. The van der Waals surface area contributed by atoms with Gasteiger partial charge in [-0.15, -0.1) is 10.2 Å². The molecule has 1 aromatic carbocycles. The van der Waals surface area contributed by atoms with Crippen molar-refractivity contribution in [2.45, 2.75) is 83.7 Å². The number of benzene rings is 1. The summed E-state index contributed by atoms with van der Waals surface area (Å²) in [5.74, 6) is 1.98. The van der Waals surface area contributed by atoms with Crippen molar-refractivity contribution in [3.8, 4) is 0 Å². The lowest BCUT2D eigenvalue weighted by Crippen LogP contribution is -2.15. The summed E-state index contributed by atoms with van der Waals surface area (Å²) in [5.41, 5.74) is 5.56. The topological polar surface area (TPSA) is 47.8 Å². The number of Topliss-reactive ketones (excluding diaryl/α,β-unsaturated/α-hetero) is 1. The Morgan fingerprint density at radius 1 is 1.12 bits per heavy atom. The number of aryl methyl sites for hydroxylation is 3. The summed E-state index contributed by atoms with van der Waals surface area (Å²) in [7, 11) is 0. The lowest BCUT2D eigenvalue weighted by atomic mass is 9.92. The van der Waals surface area contributed by atoms with Gasteiger partial charge in [0.2, 0.25) is 0 Å². The van der Waals surface area contributed by atoms with Gasteiger partial charge in [-0.3, -0.25) is 4.79 Å². The Labute approximate surface area is 160 Å². The highest BCUT2D eigenvalue weighted by atomic mass is 32.2. The molecular weight excluding hydrogens is 342 g/mol. The van der Waals surface area contributed by atoms with Crippen LogP contribution in [0.15, 0.2) is 11.2 Å². The Bertz CT molecular complexity index is 819. The summed E-state index contributed by atoms with van der Waals surface area (Å²) >= 11 is 1.75. The third-order valence-electron chi connectivity index (χ3n) is 5.60. The zero-order valence-electron chi connectivity index (χ0n) is 16.6. The fourth-order valence-electron chi connectivity index (χ4n) is 4.33. The van der Waals surface area contributed by atoms with Crippen molar-refractivity contribution in [2.75, 3.05) is 0 Å². The number of thioether (sulfide) groups is 1. The molecule has 5 heteroatoms.